The molecule has 1 saturated heterocycles. The van der Waals surface area contributed by atoms with Crippen LogP contribution in [0.1, 0.15) is 45.9 Å². The Balaban J connectivity index is 1.43. The van der Waals surface area contributed by atoms with E-state index >= 15 is 0 Å². The largest absolute Gasteiger partial charge is 0.481 e. The second-order valence-corrected chi connectivity index (χ2v) is 14.1. The van der Waals surface area contributed by atoms with Crippen molar-refractivity contribution in [1.82, 2.24) is 9.55 Å². The molecule has 18 heteroatoms. The number of aromatic nitrogens is 2. The van der Waals surface area contributed by atoms with E-state index in [1.165, 1.54) is 36.5 Å². The molecule has 5 rings (SSSR count). The Bertz CT molecular complexity index is 1930. The third kappa shape index (κ3) is 10.5. The van der Waals surface area contributed by atoms with E-state index < -0.39 is 71.0 Å². The summed E-state index contributed by atoms with van der Waals surface area (Å²) in [5.41, 5.74) is -0.125. The molecule has 3 aromatic carbocycles. The number of carbonyl (C=O) groups excluding carboxylic acids is 2. The molecule has 0 amide bonds. The van der Waals surface area contributed by atoms with Crippen LogP contribution in [-0.4, -0.2) is 62.7 Å². The molecule has 0 saturated carbocycles. The number of ether oxygens (including phenoxy) is 3. The molecule has 4 aromatic rings. The predicted molar refractivity (Wildman–Crippen MR) is 180 cm³/mol. The van der Waals surface area contributed by atoms with Gasteiger partial charge in [-0.1, -0.05) is 73.7 Å². The second kappa shape index (κ2) is 17.1. The average molecular weight is 744 g/mol. The fourth-order valence-corrected chi connectivity index (χ4v) is 6.97. The Labute approximate surface area is 292 Å². The molecule has 0 bridgehead atoms. The van der Waals surface area contributed by atoms with Gasteiger partial charge in [-0.15, -0.1) is 0 Å². The molecule has 2 heterocycles. The summed E-state index contributed by atoms with van der Waals surface area (Å²) in [4.78, 5) is 64.5. The molecular formula is C33H35N3O13P2. The molecule has 3 N–H and O–H groups in total. The fourth-order valence-electron chi connectivity index (χ4n) is 4.90. The monoisotopic (exact) mass is 743 g/mol. The first kappa shape index (κ1) is 37.7. The van der Waals surface area contributed by atoms with E-state index in [4.69, 9.17) is 23.3 Å². The van der Waals surface area contributed by atoms with Crippen LogP contribution in [0.5, 0.6) is 0 Å². The van der Waals surface area contributed by atoms with Crippen molar-refractivity contribution in [2.75, 3.05) is 18.5 Å². The van der Waals surface area contributed by atoms with Crippen molar-refractivity contribution < 1.29 is 56.1 Å². The Hall–Kier alpha value is -4.50. The van der Waals surface area contributed by atoms with Gasteiger partial charge in [0.05, 0.1) is 24.3 Å². The minimum Gasteiger partial charge on any atom is -0.452 e. The van der Waals surface area contributed by atoms with Crippen molar-refractivity contribution >= 4 is 33.4 Å². The van der Waals surface area contributed by atoms with Crippen molar-refractivity contribution in [3.05, 3.63) is 130 Å². The lowest BCUT2D eigenvalue weighted by molar-refractivity contribution is -0.0597. The maximum atomic E-state index is 13.3. The van der Waals surface area contributed by atoms with E-state index in [0.29, 0.717) is 12.1 Å². The first-order valence-corrected chi connectivity index (χ1v) is 18.6. The number of hydrogen-bond donors (Lipinski definition) is 3. The lowest BCUT2D eigenvalue weighted by atomic mass is 10.1. The van der Waals surface area contributed by atoms with Crippen molar-refractivity contribution in [2.45, 2.75) is 44.5 Å². The minimum absolute atomic E-state index is 0.104. The summed E-state index contributed by atoms with van der Waals surface area (Å²) in [6, 6.07) is 25.3. The van der Waals surface area contributed by atoms with Gasteiger partial charge in [0.1, 0.15) is 11.9 Å². The van der Waals surface area contributed by atoms with E-state index in [-0.39, 0.29) is 16.9 Å². The first-order chi connectivity index (χ1) is 24.4. The number of nitrogens with one attached hydrogen (secondary N) is 1. The molecule has 3 unspecified atom stereocenters. The fraction of sp³-hybridized carbons (Fsp3) is 0.273. The van der Waals surface area contributed by atoms with Crippen LogP contribution in [0.15, 0.2) is 108 Å². The number of hydrogen-bond acceptors (Lipinski definition) is 13. The Morgan fingerprint density at radius 3 is 1.94 bits per heavy atom. The predicted octanol–water partition coefficient (Wildman–Crippen LogP) is 4.86. The van der Waals surface area contributed by atoms with Crippen LogP contribution in [0.25, 0.3) is 0 Å². The lowest BCUT2D eigenvalue weighted by Gasteiger charge is -2.25. The number of esters is 2. The third-order valence-corrected chi connectivity index (χ3v) is 9.88. The molecule has 6 atom stereocenters. The van der Waals surface area contributed by atoms with E-state index in [1.807, 2.05) is 6.92 Å². The van der Waals surface area contributed by atoms with Gasteiger partial charge < -0.3 is 29.3 Å². The molecule has 0 radical (unpaired) electrons. The average Bonchev–Trinajstić information content (AvgIpc) is 3.45. The number of anilines is 1. The molecule has 16 nitrogen and oxygen atoms in total. The van der Waals surface area contributed by atoms with E-state index in [2.05, 4.69) is 14.6 Å². The number of phosphoric acid groups is 2. The highest BCUT2D eigenvalue weighted by molar-refractivity contribution is 7.61. The topological polar surface area (TPSA) is 211 Å². The highest BCUT2D eigenvalue weighted by atomic mass is 31.3. The van der Waals surface area contributed by atoms with Gasteiger partial charge in [0, 0.05) is 12.7 Å². The number of nitrogens with zero attached hydrogens (tertiary/aromatic N) is 2. The highest BCUT2D eigenvalue weighted by Crippen LogP contribution is 2.61. The molecular weight excluding hydrogens is 708 g/mol. The van der Waals surface area contributed by atoms with Crippen molar-refractivity contribution in [3.63, 3.8) is 0 Å². The van der Waals surface area contributed by atoms with Gasteiger partial charge in [0.15, 0.2) is 18.4 Å². The Morgan fingerprint density at radius 1 is 0.824 bits per heavy atom. The smallest absolute Gasteiger partial charge is 0.452 e. The second-order valence-electron chi connectivity index (χ2n) is 11.0. The van der Waals surface area contributed by atoms with Crippen molar-refractivity contribution in [1.29, 1.82) is 0 Å². The van der Waals surface area contributed by atoms with Crippen LogP contribution < -0.4 is 11.0 Å². The van der Waals surface area contributed by atoms with Crippen LogP contribution in [0.2, 0.25) is 0 Å². The zero-order valence-electron chi connectivity index (χ0n) is 27.1. The number of benzene rings is 3. The molecule has 0 spiro atoms. The molecule has 1 aromatic heterocycles. The molecule has 51 heavy (non-hydrogen) atoms. The molecule has 270 valence electrons. The molecule has 0 aliphatic carbocycles. The maximum absolute atomic E-state index is 13.3. The summed E-state index contributed by atoms with van der Waals surface area (Å²) in [6.07, 6.45) is -4.06. The van der Waals surface area contributed by atoms with Crippen molar-refractivity contribution in [3.8, 4) is 0 Å². The summed E-state index contributed by atoms with van der Waals surface area (Å²) in [5, 5.41) is 2.99. The van der Waals surface area contributed by atoms with Crippen LogP contribution in [0, 0.1) is 0 Å². The van der Waals surface area contributed by atoms with Gasteiger partial charge in [-0.05, 0) is 42.3 Å². The number of rotatable bonds is 16. The third-order valence-electron chi connectivity index (χ3n) is 7.30. The van der Waals surface area contributed by atoms with Gasteiger partial charge in [-0.25, -0.2) is 23.5 Å². The maximum Gasteiger partial charge on any atom is 0.481 e. The van der Waals surface area contributed by atoms with E-state index in [0.717, 1.165) is 11.0 Å². The molecule has 1 aliphatic heterocycles. The zero-order chi connectivity index (χ0) is 36.4. The van der Waals surface area contributed by atoms with Gasteiger partial charge >= 0.3 is 33.3 Å². The summed E-state index contributed by atoms with van der Waals surface area (Å²) in [7, 11) is -10.5. The van der Waals surface area contributed by atoms with Gasteiger partial charge in [-0.3, -0.25) is 13.6 Å². The van der Waals surface area contributed by atoms with Crippen LogP contribution >= 0.6 is 15.6 Å². The van der Waals surface area contributed by atoms with Crippen molar-refractivity contribution in [2.24, 2.45) is 0 Å². The Kier molecular flexibility index (Phi) is 12.7. The summed E-state index contributed by atoms with van der Waals surface area (Å²) < 4.78 is 58.4. The quantitative estimate of drug-likeness (QED) is 0.103. The number of phosphoric ester groups is 2. The standard InChI is InChI=1S/C33H35N3O13P2/c1-2-19-34-27-18-20-36(33(39)35-27)30-29(48-32(38)25-16-10-5-11-17-25)28(47-31(37)24-14-8-4-9-15-24)26(46-30)22-45-51(42,43)49-50(40,41)44-21-23-12-6-3-7-13-23/h3-18,20,26,28-30H,2,19,21-22H2,1H3,(H,40,41)(H,42,43)(H,34,35,39)/t26-,28?,29+,30-/m1/s1. The van der Waals surface area contributed by atoms with Gasteiger partial charge in [0.25, 0.3) is 0 Å². The SMILES string of the molecule is CCCNc1ccn([C@@H]2O[C@H](COP(=O)(O)OP(=O)(O)OCc3ccccc3)C(OC(=O)c3ccccc3)[C@@H]2OC(=O)c2ccccc2)c(=O)n1. The van der Waals surface area contributed by atoms with E-state index in [9.17, 15) is 33.3 Å². The zero-order valence-corrected chi connectivity index (χ0v) is 28.9. The number of carbonyl (C=O) groups is 2. The Morgan fingerprint density at radius 2 is 1.37 bits per heavy atom. The normalized spacial score (nSPS) is 20.8. The summed E-state index contributed by atoms with van der Waals surface area (Å²) in [5.74, 6) is -1.49. The molecule has 1 fully saturated rings. The van der Waals surface area contributed by atoms with Crippen LogP contribution in [0.3, 0.4) is 0 Å². The van der Waals surface area contributed by atoms with Crippen LogP contribution in [-0.2, 0) is 43.3 Å². The summed E-state index contributed by atoms with van der Waals surface area (Å²) in [6.45, 7) is 1.11. The first-order valence-electron chi connectivity index (χ1n) is 15.6. The highest BCUT2D eigenvalue weighted by Gasteiger charge is 2.52. The van der Waals surface area contributed by atoms with Gasteiger partial charge in [0.2, 0.25) is 0 Å². The van der Waals surface area contributed by atoms with E-state index in [1.54, 1.807) is 66.7 Å². The minimum atomic E-state index is -5.38. The molecule has 1 aliphatic rings. The van der Waals surface area contributed by atoms with Gasteiger partial charge in [-0.2, -0.15) is 9.29 Å². The lowest BCUT2D eigenvalue weighted by Crippen LogP contribution is -2.42. The van der Waals surface area contributed by atoms with Crippen LogP contribution in [0.4, 0.5) is 5.82 Å². The summed E-state index contributed by atoms with van der Waals surface area (Å²) >= 11 is 0.